The van der Waals surface area contributed by atoms with E-state index in [1.165, 1.54) is 12.5 Å². The normalized spacial score (nSPS) is 22.4. The Balaban J connectivity index is 1.55. The number of nitriles is 1. The molecule has 2 heterocycles. The fourth-order valence-corrected chi connectivity index (χ4v) is 5.00. The van der Waals surface area contributed by atoms with E-state index in [0.717, 1.165) is 18.9 Å². The zero-order valence-corrected chi connectivity index (χ0v) is 20.1. The lowest BCUT2D eigenvalue weighted by Crippen LogP contribution is -2.38. The molecule has 2 fully saturated rings. The Hall–Kier alpha value is -3.45. The summed E-state index contributed by atoms with van der Waals surface area (Å²) in [6.45, 7) is 1.89. The Morgan fingerprint density at radius 2 is 2.03 bits per heavy atom. The summed E-state index contributed by atoms with van der Waals surface area (Å²) in [5.41, 5.74) is 6.42. The van der Waals surface area contributed by atoms with Gasteiger partial charge in [0.05, 0.1) is 28.5 Å². The quantitative estimate of drug-likeness (QED) is 0.445. The number of carbonyl (C=O) groups excluding carboxylic acids is 1. The Kier molecular flexibility index (Phi) is 5.97. The molecule has 0 atom stereocenters. The van der Waals surface area contributed by atoms with E-state index in [9.17, 15) is 9.18 Å². The fraction of sp³-hybridized carbons (Fsp3) is 0.458. The Morgan fingerprint density at radius 3 is 2.63 bits per heavy atom. The Bertz CT molecular complexity index is 1310. The molecule has 1 aromatic carbocycles. The van der Waals surface area contributed by atoms with Crippen molar-refractivity contribution in [2.24, 2.45) is 11.1 Å². The third-order valence-electron chi connectivity index (χ3n) is 7.30. The van der Waals surface area contributed by atoms with Crippen LogP contribution in [0.1, 0.15) is 63.5 Å². The summed E-state index contributed by atoms with van der Waals surface area (Å²) >= 11 is 6.30. The Labute approximate surface area is 206 Å². The molecule has 5 rings (SSSR count). The van der Waals surface area contributed by atoms with Crippen LogP contribution in [0.25, 0.3) is 11.2 Å². The van der Waals surface area contributed by atoms with Crippen molar-refractivity contribution in [3.63, 3.8) is 0 Å². The maximum absolute atomic E-state index is 14.8. The molecule has 2 aromatic heterocycles. The van der Waals surface area contributed by atoms with Gasteiger partial charge in [-0.1, -0.05) is 18.5 Å². The number of fused-ring (bicyclic) bond motifs is 1. The highest BCUT2D eigenvalue weighted by atomic mass is 35.5. The molecular weight excluding hydrogens is 471 g/mol. The predicted molar refractivity (Wildman–Crippen MR) is 131 cm³/mol. The number of carbonyl (C=O) groups is 1. The number of nitrogens with two attached hydrogens (primary N) is 1. The van der Waals surface area contributed by atoms with E-state index in [4.69, 9.17) is 27.6 Å². The first-order chi connectivity index (χ1) is 16.8. The number of benzene rings is 1. The van der Waals surface area contributed by atoms with Gasteiger partial charge in [0.15, 0.2) is 5.65 Å². The molecule has 35 heavy (non-hydrogen) atoms. The maximum atomic E-state index is 14.8. The predicted octanol–water partition coefficient (Wildman–Crippen LogP) is 4.81. The lowest BCUT2D eigenvalue weighted by molar-refractivity contribution is -0.128. The van der Waals surface area contributed by atoms with Gasteiger partial charge in [-0.3, -0.25) is 9.36 Å². The van der Waals surface area contributed by atoms with Crippen LogP contribution in [-0.2, 0) is 4.79 Å². The zero-order valence-electron chi connectivity index (χ0n) is 19.3. The summed E-state index contributed by atoms with van der Waals surface area (Å²) in [5.74, 6) is -0.0647. The van der Waals surface area contributed by atoms with Gasteiger partial charge in [0.25, 0.3) is 0 Å². The molecule has 1 amide bonds. The molecule has 0 spiro atoms. The van der Waals surface area contributed by atoms with Gasteiger partial charge < -0.3 is 16.4 Å². The fourth-order valence-electron chi connectivity index (χ4n) is 4.74. The second kappa shape index (κ2) is 8.96. The number of nitrogens with one attached hydrogen (secondary N) is 2. The minimum absolute atomic E-state index is 0.0285. The van der Waals surface area contributed by atoms with Crippen molar-refractivity contribution in [2.45, 2.75) is 64.0 Å². The lowest BCUT2D eigenvalue weighted by Gasteiger charge is -2.35. The number of hydrogen-bond acceptors (Lipinski definition) is 7. The molecule has 0 aliphatic heterocycles. The minimum atomic E-state index is -0.656. The number of imidazole rings is 1. The van der Waals surface area contributed by atoms with Crippen molar-refractivity contribution in [3.8, 4) is 6.07 Å². The second-order valence-electron chi connectivity index (χ2n) is 9.69. The van der Waals surface area contributed by atoms with Crippen molar-refractivity contribution in [3.05, 3.63) is 34.7 Å². The number of aromatic nitrogens is 4. The monoisotopic (exact) mass is 496 g/mol. The molecule has 0 unspecified atom stereocenters. The summed E-state index contributed by atoms with van der Waals surface area (Å²) in [6.07, 6.45) is 7.60. The standard InChI is InChI=1S/C24H26ClFN8O/c1-24(21(28)35)7-5-15(6-8-24)34-20-18(12-29-22(33-20)30-14-3-2-4-14)31-23(34)32-19-16(25)9-13(11-27)10-17(19)26/h9-10,12,14-15H,2-8H2,1H3,(H2,28,35)(H,31,32)(H,29,30,33). The van der Waals surface area contributed by atoms with Crippen LogP contribution >= 0.6 is 11.6 Å². The van der Waals surface area contributed by atoms with Crippen molar-refractivity contribution in [1.82, 2.24) is 19.5 Å². The van der Waals surface area contributed by atoms with E-state index < -0.39 is 11.2 Å². The molecule has 0 radical (unpaired) electrons. The summed E-state index contributed by atoms with van der Waals surface area (Å²) in [6, 6.07) is 4.74. The van der Waals surface area contributed by atoms with Gasteiger partial charge in [0.1, 0.15) is 11.3 Å². The van der Waals surface area contributed by atoms with Crippen LogP contribution in [0.4, 0.5) is 22.0 Å². The number of nitrogens with zero attached hydrogens (tertiary/aromatic N) is 5. The van der Waals surface area contributed by atoms with Crippen LogP contribution in [0.3, 0.4) is 0 Å². The summed E-state index contributed by atoms with van der Waals surface area (Å²) in [4.78, 5) is 25.8. The van der Waals surface area contributed by atoms with Crippen LogP contribution in [0, 0.1) is 22.6 Å². The molecular formula is C24H26ClFN8O. The second-order valence-corrected chi connectivity index (χ2v) is 10.1. The van der Waals surface area contributed by atoms with E-state index in [0.29, 0.717) is 54.8 Å². The topological polar surface area (TPSA) is 135 Å². The summed E-state index contributed by atoms with van der Waals surface area (Å²) < 4.78 is 16.8. The molecule has 182 valence electrons. The van der Waals surface area contributed by atoms with Gasteiger partial charge in [-0.25, -0.2) is 14.4 Å². The van der Waals surface area contributed by atoms with Gasteiger partial charge >= 0.3 is 0 Å². The average molecular weight is 497 g/mol. The molecule has 4 N–H and O–H groups in total. The molecule has 3 aromatic rings. The van der Waals surface area contributed by atoms with Crippen molar-refractivity contribution in [1.29, 1.82) is 5.26 Å². The largest absolute Gasteiger partial charge is 0.369 e. The van der Waals surface area contributed by atoms with Crippen molar-refractivity contribution in [2.75, 3.05) is 10.6 Å². The number of amides is 1. The number of rotatable bonds is 6. The molecule has 2 saturated carbocycles. The smallest absolute Gasteiger partial charge is 0.224 e. The number of hydrogen-bond donors (Lipinski definition) is 3. The van der Waals surface area contributed by atoms with Crippen LogP contribution in [-0.4, -0.2) is 31.5 Å². The van der Waals surface area contributed by atoms with Crippen LogP contribution in [0.2, 0.25) is 5.02 Å². The molecule has 2 aliphatic carbocycles. The van der Waals surface area contributed by atoms with Gasteiger partial charge in [-0.15, -0.1) is 0 Å². The molecule has 2 aliphatic rings. The van der Waals surface area contributed by atoms with Crippen molar-refractivity contribution >= 4 is 46.3 Å². The highest BCUT2D eigenvalue weighted by molar-refractivity contribution is 6.33. The highest BCUT2D eigenvalue weighted by Gasteiger charge is 2.38. The van der Waals surface area contributed by atoms with Crippen LogP contribution in [0.15, 0.2) is 18.3 Å². The number of anilines is 3. The van der Waals surface area contributed by atoms with Gasteiger partial charge in [-0.05, 0) is 57.1 Å². The van der Waals surface area contributed by atoms with Crippen molar-refractivity contribution < 1.29 is 9.18 Å². The minimum Gasteiger partial charge on any atom is -0.369 e. The first-order valence-electron chi connectivity index (χ1n) is 11.7. The molecule has 0 saturated heterocycles. The third-order valence-corrected chi connectivity index (χ3v) is 7.60. The van der Waals surface area contributed by atoms with E-state index in [-0.39, 0.29) is 28.2 Å². The molecule has 11 heteroatoms. The van der Waals surface area contributed by atoms with E-state index >= 15 is 0 Å². The molecule has 9 nitrogen and oxygen atoms in total. The first kappa shape index (κ1) is 23.3. The highest BCUT2D eigenvalue weighted by Crippen LogP contribution is 2.43. The van der Waals surface area contributed by atoms with Gasteiger partial charge in [0, 0.05) is 17.5 Å². The maximum Gasteiger partial charge on any atom is 0.224 e. The van der Waals surface area contributed by atoms with Gasteiger partial charge in [0.2, 0.25) is 17.8 Å². The molecule has 0 bridgehead atoms. The number of halogens is 2. The lowest BCUT2D eigenvalue weighted by atomic mass is 9.73. The SMILES string of the molecule is CC1(C(N)=O)CCC(n2c(Nc3c(F)cc(C#N)cc3Cl)nc3cnc(NC4CCC4)nc32)CC1. The van der Waals surface area contributed by atoms with Gasteiger partial charge in [-0.2, -0.15) is 10.2 Å². The van der Waals surface area contributed by atoms with Crippen LogP contribution in [0.5, 0.6) is 0 Å². The van der Waals surface area contributed by atoms with E-state index in [1.807, 2.05) is 17.6 Å². The summed E-state index contributed by atoms with van der Waals surface area (Å²) in [5, 5.41) is 15.6. The summed E-state index contributed by atoms with van der Waals surface area (Å²) in [7, 11) is 0. The third kappa shape index (κ3) is 4.36. The van der Waals surface area contributed by atoms with E-state index in [2.05, 4.69) is 20.6 Å². The zero-order chi connectivity index (χ0) is 24.7. The van der Waals surface area contributed by atoms with Crippen LogP contribution < -0.4 is 16.4 Å². The number of primary amides is 1. The Morgan fingerprint density at radius 1 is 1.29 bits per heavy atom. The average Bonchev–Trinajstić information content (AvgIpc) is 3.16. The first-order valence-corrected chi connectivity index (χ1v) is 12.1. The van der Waals surface area contributed by atoms with E-state index in [1.54, 1.807) is 6.20 Å².